The van der Waals surface area contributed by atoms with Crippen LogP contribution in [-0.2, 0) is 9.53 Å². The van der Waals surface area contributed by atoms with E-state index in [9.17, 15) is 4.79 Å². The SMILES string of the molecule is CCC(C1=CC[C@H](C(=O)OC(C)(C)C23CC4CC(CC(C4)C2)C3)C=C1)C(C)(C)C. The standard InChI is InChI=1S/C27H42O2/c1-7-23(25(2,3)4)21-8-10-22(11-9-21)24(28)29-26(5,6)27-15-18-12-19(16-27)14-20(13-18)17-27/h8-10,18-20,22-23H,7,11-17H2,1-6H3/t18?,19?,20?,22-,23?,27?/m1/s1. The molecule has 0 saturated heterocycles. The molecule has 2 atom stereocenters. The first-order valence-electron chi connectivity index (χ1n) is 12.1. The van der Waals surface area contributed by atoms with E-state index < -0.39 is 0 Å². The first-order valence-corrected chi connectivity index (χ1v) is 12.1. The zero-order valence-corrected chi connectivity index (χ0v) is 19.6. The van der Waals surface area contributed by atoms with Crippen molar-refractivity contribution < 1.29 is 9.53 Å². The van der Waals surface area contributed by atoms with Crippen molar-refractivity contribution in [2.45, 2.75) is 98.5 Å². The van der Waals surface area contributed by atoms with Gasteiger partial charge in [0.1, 0.15) is 5.60 Å². The molecular formula is C27H42O2. The van der Waals surface area contributed by atoms with Gasteiger partial charge < -0.3 is 4.74 Å². The summed E-state index contributed by atoms with van der Waals surface area (Å²) in [5, 5.41) is 0. The lowest BCUT2D eigenvalue weighted by Crippen LogP contribution is -2.57. The minimum Gasteiger partial charge on any atom is -0.459 e. The Bertz CT molecular complexity index is 667. The van der Waals surface area contributed by atoms with Gasteiger partial charge in [-0.15, -0.1) is 0 Å². The van der Waals surface area contributed by atoms with Crippen LogP contribution < -0.4 is 0 Å². The van der Waals surface area contributed by atoms with Gasteiger partial charge >= 0.3 is 5.97 Å². The minimum absolute atomic E-state index is 0.0129. The van der Waals surface area contributed by atoms with E-state index in [1.54, 1.807) is 0 Å². The third-order valence-electron chi connectivity index (χ3n) is 8.96. The molecule has 4 saturated carbocycles. The number of allylic oxidation sites excluding steroid dienone is 3. The van der Waals surface area contributed by atoms with Crippen LogP contribution in [0.3, 0.4) is 0 Å². The van der Waals surface area contributed by atoms with Crippen LogP contribution in [-0.4, -0.2) is 11.6 Å². The molecule has 0 aromatic carbocycles. The van der Waals surface area contributed by atoms with E-state index in [0.717, 1.165) is 30.6 Å². The van der Waals surface area contributed by atoms with Crippen molar-refractivity contribution in [1.82, 2.24) is 0 Å². The van der Waals surface area contributed by atoms with Gasteiger partial charge in [0.25, 0.3) is 0 Å². The van der Waals surface area contributed by atoms with E-state index in [-0.39, 0.29) is 28.3 Å². The average Bonchev–Trinajstić information content (AvgIpc) is 2.60. The fourth-order valence-corrected chi connectivity index (χ4v) is 7.70. The van der Waals surface area contributed by atoms with Gasteiger partial charge in [0.2, 0.25) is 0 Å². The van der Waals surface area contributed by atoms with E-state index in [1.807, 2.05) is 0 Å². The van der Waals surface area contributed by atoms with E-state index in [0.29, 0.717) is 5.92 Å². The van der Waals surface area contributed by atoms with Crippen molar-refractivity contribution in [2.75, 3.05) is 0 Å². The zero-order chi connectivity index (χ0) is 21.0. The Hall–Kier alpha value is -1.05. The Balaban J connectivity index is 1.42. The molecule has 0 aromatic rings. The van der Waals surface area contributed by atoms with Crippen LogP contribution in [0.2, 0.25) is 0 Å². The van der Waals surface area contributed by atoms with Crippen molar-refractivity contribution in [3.63, 3.8) is 0 Å². The highest BCUT2D eigenvalue weighted by molar-refractivity contribution is 5.76. The summed E-state index contributed by atoms with van der Waals surface area (Å²) in [6.45, 7) is 13.6. The Kier molecular flexibility index (Phi) is 5.32. The molecule has 5 aliphatic carbocycles. The highest BCUT2D eigenvalue weighted by Gasteiger charge is 2.58. The quantitative estimate of drug-likeness (QED) is 0.462. The molecule has 0 amide bonds. The van der Waals surface area contributed by atoms with Crippen molar-refractivity contribution in [2.24, 2.45) is 40.4 Å². The maximum absolute atomic E-state index is 13.1. The monoisotopic (exact) mass is 398 g/mol. The lowest BCUT2D eigenvalue weighted by atomic mass is 9.46. The maximum atomic E-state index is 13.1. The van der Waals surface area contributed by atoms with Crippen LogP contribution in [0.1, 0.15) is 92.9 Å². The Morgan fingerprint density at radius 3 is 2.03 bits per heavy atom. The smallest absolute Gasteiger partial charge is 0.313 e. The molecule has 0 spiro atoms. The highest BCUT2D eigenvalue weighted by atomic mass is 16.6. The molecule has 0 N–H and O–H groups in total. The lowest BCUT2D eigenvalue weighted by molar-refractivity contribution is -0.201. The average molecular weight is 399 g/mol. The first-order chi connectivity index (χ1) is 13.5. The van der Waals surface area contributed by atoms with E-state index >= 15 is 0 Å². The summed E-state index contributed by atoms with van der Waals surface area (Å²) in [4.78, 5) is 13.1. The number of rotatable bonds is 5. The molecule has 4 bridgehead atoms. The summed E-state index contributed by atoms with van der Waals surface area (Å²) in [7, 11) is 0. The summed E-state index contributed by atoms with van der Waals surface area (Å²) >= 11 is 0. The van der Waals surface area contributed by atoms with Crippen LogP contribution in [0.25, 0.3) is 0 Å². The molecule has 29 heavy (non-hydrogen) atoms. The molecule has 162 valence electrons. The summed E-state index contributed by atoms with van der Waals surface area (Å²) < 4.78 is 6.33. The third-order valence-corrected chi connectivity index (χ3v) is 8.96. The molecule has 2 heteroatoms. The van der Waals surface area contributed by atoms with E-state index in [2.05, 4.69) is 59.8 Å². The van der Waals surface area contributed by atoms with Crippen molar-refractivity contribution in [3.8, 4) is 0 Å². The number of esters is 1. The number of carbonyl (C=O) groups excluding carboxylic acids is 1. The van der Waals surface area contributed by atoms with Gasteiger partial charge in [-0.25, -0.2) is 0 Å². The van der Waals surface area contributed by atoms with Gasteiger partial charge in [0.15, 0.2) is 0 Å². The molecule has 0 aromatic heterocycles. The van der Waals surface area contributed by atoms with Crippen LogP contribution in [0.5, 0.6) is 0 Å². The maximum Gasteiger partial charge on any atom is 0.313 e. The molecule has 5 aliphatic rings. The summed E-state index contributed by atoms with van der Waals surface area (Å²) in [5.74, 6) is 3.04. The van der Waals surface area contributed by atoms with E-state index in [1.165, 1.54) is 44.1 Å². The molecule has 1 unspecified atom stereocenters. The van der Waals surface area contributed by atoms with Crippen molar-refractivity contribution >= 4 is 5.97 Å². The van der Waals surface area contributed by atoms with Crippen LogP contribution >= 0.6 is 0 Å². The van der Waals surface area contributed by atoms with Crippen LogP contribution in [0.15, 0.2) is 23.8 Å². The molecular weight excluding hydrogens is 356 g/mol. The first kappa shape index (κ1) is 21.2. The Labute approximate surface area is 178 Å². The molecule has 4 fully saturated rings. The van der Waals surface area contributed by atoms with E-state index in [4.69, 9.17) is 4.74 Å². The second-order valence-electron chi connectivity index (χ2n) is 12.4. The van der Waals surface area contributed by atoms with Gasteiger partial charge in [0.05, 0.1) is 5.92 Å². The largest absolute Gasteiger partial charge is 0.459 e. The molecule has 0 heterocycles. The fraction of sp³-hybridized carbons (Fsp3) is 0.815. The zero-order valence-electron chi connectivity index (χ0n) is 19.6. The van der Waals surface area contributed by atoms with Gasteiger partial charge in [-0.3, -0.25) is 4.79 Å². The summed E-state index contributed by atoms with van der Waals surface area (Å²) in [6.07, 6.45) is 16.6. The minimum atomic E-state index is -0.352. The predicted octanol–water partition coefficient (Wildman–Crippen LogP) is 7.10. The Morgan fingerprint density at radius 1 is 1.07 bits per heavy atom. The summed E-state index contributed by atoms with van der Waals surface area (Å²) in [6, 6.07) is 0. The highest BCUT2D eigenvalue weighted by Crippen LogP contribution is 2.64. The van der Waals surface area contributed by atoms with Gasteiger partial charge in [-0.1, -0.05) is 45.9 Å². The molecule has 0 aliphatic heterocycles. The number of ether oxygens (including phenoxy) is 1. The van der Waals surface area contributed by atoms with Gasteiger partial charge in [0, 0.05) is 5.41 Å². The number of carbonyl (C=O) groups is 1. The third kappa shape index (κ3) is 3.86. The summed E-state index contributed by atoms with van der Waals surface area (Å²) in [5.41, 5.74) is 1.51. The second-order valence-corrected chi connectivity index (χ2v) is 12.4. The predicted molar refractivity (Wildman–Crippen MR) is 119 cm³/mol. The van der Waals surface area contributed by atoms with Crippen molar-refractivity contribution in [1.29, 1.82) is 0 Å². The number of hydrogen-bond acceptors (Lipinski definition) is 2. The topological polar surface area (TPSA) is 26.3 Å². The fourth-order valence-electron chi connectivity index (χ4n) is 7.70. The normalized spacial score (nSPS) is 37.4. The Morgan fingerprint density at radius 2 is 1.62 bits per heavy atom. The van der Waals surface area contributed by atoms with Crippen LogP contribution in [0.4, 0.5) is 0 Å². The molecule has 0 radical (unpaired) electrons. The number of hydrogen-bond donors (Lipinski definition) is 0. The van der Waals surface area contributed by atoms with Crippen molar-refractivity contribution in [3.05, 3.63) is 23.8 Å². The second kappa shape index (κ2) is 7.27. The van der Waals surface area contributed by atoms with Crippen LogP contribution in [0, 0.1) is 40.4 Å². The van der Waals surface area contributed by atoms with Gasteiger partial charge in [-0.2, -0.15) is 0 Å². The lowest BCUT2D eigenvalue weighted by Gasteiger charge is -2.61. The molecule has 2 nitrogen and oxygen atoms in total. The molecule has 5 rings (SSSR count). The van der Waals surface area contributed by atoms with Gasteiger partial charge in [-0.05, 0) is 99.9 Å².